The number of nitrogens with two attached hydrogens (primary N) is 2. The van der Waals surface area contributed by atoms with Crippen LogP contribution in [0.1, 0.15) is 0 Å². The largest absolute Gasteiger partial charge is 0.486 e. The molecule has 4 nitrogen and oxygen atoms in total. The molecular weight excluding hydrogens is 154 g/mol. The van der Waals surface area contributed by atoms with Gasteiger partial charge in [0.25, 0.3) is 0 Å². The molecule has 1 aromatic rings. The van der Waals surface area contributed by atoms with Crippen molar-refractivity contribution in [3.05, 3.63) is 24.3 Å². The molecule has 1 rings (SSSR count). The van der Waals surface area contributed by atoms with Crippen LogP contribution >= 0.6 is 0 Å². The minimum absolute atomic E-state index is 0.00238. The number of benzene rings is 1. The van der Waals surface area contributed by atoms with Gasteiger partial charge in [-0.25, -0.2) is 0 Å². The summed E-state index contributed by atoms with van der Waals surface area (Å²) in [7, 11) is 0. The normalized spacial score (nSPS) is 9.33. The van der Waals surface area contributed by atoms with Gasteiger partial charge >= 0.3 is 0 Å². The number of nitrogens with one attached hydrogen (secondary N) is 1. The third-order valence-corrected chi connectivity index (χ3v) is 1.25. The van der Waals surface area contributed by atoms with Crippen molar-refractivity contribution in [1.29, 1.82) is 5.41 Å². The molecule has 0 radical (unpaired) electrons. The monoisotopic (exact) mass is 165 g/mol. The molecule has 4 heteroatoms. The minimum Gasteiger partial charge on any atom is -0.486 e. The van der Waals surface area contributed by atoms with E-state index in [0.717, 1.165) is 0 Å². The van der Waals surface area contributed by atoms with Crippen molar-refractivity contribution in [1.82, 2.24) is 0 Å². The standard InChI is InChI=1S/C8H11N3O/c9-6-2-1-3-7(4-6)12-5-8(10)11/h1-4H,5,9H2,(H3,10,11). The van der Waals surface area contributed by atoms with E-state index in [1.807, 2.05) is 0 Å². The highest BCUT2D eigenvalue weighted by Crippen LogP contribution is 2.13. The molecule has 0 atom stereocenters. The molecule has 5 N–H and O–H groups in total. The summed E-state index contributed by atoms with van der Waals surface area (Å²) in [4.78, 5) is 0. The summed E-state index contributed by atoms with van der Waals surface area (Å²) >= 11 is 0. The predicted octanol–water partition coefficient (Wildman–Crippen LogP) is 0.584. The number of amidine groups is 1. The Morgan fingerprint density at radius 2 is 2.25 bits per heavy atom. The van der Waals surface area contributed by atoms with E-state index in [4.69, 9.17) is 21.6 Å². The Hall–Kier alpha value is -1.71. The van der Waals surface area contributed by atoms with Crippen molar-refractivity contribution >= 4 is 11.5 Å². The number of rotatable bonds is 3. The van der Waals surface area contributed by atoms with Gasteiger partial charge in [-0.2, -0.15) is 0 Å². The number of nitrogen functional groups attached to an aromatic ring is 1. The van der Waals surface area contributed by atoms with Crippen LogP contribution in [-0.2, 0) is 0 Å². The third kappa shape index (κ3) is 2.49. The summed E-state index contributed by atoms with van der Waals surface area (Å²) < 4.78 is 5.12. The van der Waals surface area contributed by atoms with Crippen LogP contribution in [0.2, 0.25) is 0 Å². The van der Waals surface area contributed by atoms with Crippen molar-refractivity contribution < 1.29 is 4.74 Å². The van der Waals surface area contributed by atoms with E-state index in [1.54, 1.807) is 24.3 Å². The molecule has 0 spiro atoms. The summed E-state index contributed by atoms with van der Waals surface area (Å²) in [5, 5.41) is 6.92. The van der Waals surface area contributed by atoms with Gasteiger partial charge in [-0.05, 0) is 12.1 Å². The third-order valence-electron chi connectivity index (χ3n) is 1.25. The van der Waals surface area contributed by atoms with Gasteiger partial charge in [0.05, 0.1) is 0 Å². The van der Waals surface area contributed by atoms with Gasteiger partial charge in [0, 0.05) is 11.8 Å². The van der Waals surface area contributed by atoms with E-state index in [1.165, 1.54) is 0 Å². The first-order chi connectivity index (χ1) is 5.68. The molecule has 0 aliphatic heterocycles. The Morgan fingerprint density at radius 3 is 2.83 bits per heavy atom. The quantitative estimate of drug-likeness (QED) is 0.348. The average molecular weight is 165 g/mol. The van der Waals surface area contributed by atoms with Gasteiger partial charge in [-0.3, -0.25) is 5.41 Å². The maximum atomic E-state index is 6.92. The van der Waals surface area contributed by atoms with Crippen molar-refractivity contribution in [2.24, 2.45) is 5.73 Å². The molecule has 0 aliphatic rings. The fourth-order valence-electron chi connectivity index (χ4n) is 0.765. The summed E-state index contributed by atoms with van der Waals surface area (Å²) in [6, 6.07) is 6.99. The van der Waals surface area contributed by atoms with Gasteiger partial charge in [-0.15, -0.1) is 0 Å². The lowest BCUT2D eigenvalue weighted by atomic mass is 10.3. The predicted molar refractivity (Wildman–Crippen MR) is 48.3 cm³/mol. The topological polar surface area (TPSA) is 85.1 Å². The zero-order chi connectivity index (χ0) is 8.97. The van der Waals surface area contributed by atoms with E-state index in [9.17, 15) is 0 Å². The molecule has 64 valence electrons. The first-order valence-corrected chi connectivity index (χ1v) is 3.50. The number of hydrogen-bond acceptors (Lipinski definition) is 3. The molecule has 0 aliphatic carbocycles. The summed E-state index contributed by atoms with van der Waals surface area (Å²) in [6.45, 7) is 0.101. The lowest BCUT2D eigenvalue weighted by Crippen LogP contribution is -2.19. The van der Waals surface area contributed by atoms with E-state index in [0.29, 0.717) is 11.4 Å². The fraction of sp³-hybridized carbons (Fsp3) is 0.125. The van der Waals surface area contributed by atoms with Crippen LogP contribution in [0, 0.1) is 5.41 Å². The Labute approximate surface area is 70.6 Å². The highest BCUT2D eigenvalue weighted by molar-refractivity contribution is 5.78. The molecule has 1 aromatic carbocycles. The first kappa shape index (κ1) is 8.39. The molecule has 0 saturated heterocycles. The molecule has 0 amide bonds. The van der Waals surface area contributed by atoms with Crippen molar-refractivity contribution in [2.45, 2.75) is 0 Å². The van der Waals surface area contributed by atoms with Crippen LogP contribution in [0.15, 0.2) is 24.3 Å². The molecule has 0 saturated carbocycles. The summed E-state index contributed by atoms with van der Waals surface area (Å²) in [5.41, 5.74) is 11.2. The van der Waals surface area contributed by atoms with Gasteiger partial charge in [0.15, 0.2) is 0 Å². The second kappa shape index (κ2) is 3.61. The van der Waals surface area contributed by atoms with E-state index < -0.39 is 0 Å². The fourth-order valence-corrected chi connectivity index (χ4v) is 0.765. The van der Waals surface area contributed by atoms with E-state index in [2.05, 4.69) is 0 Å². The van der Waals surface area contributed by atoms with Crippen molar-refractivity contribution in [3.8, 4) is 5.75 Å². The number of ether oxygens (including phenoxy) is 1. The molecule has 12 heavy (non-hydrogen) atoms. The zero-order valence-corrected chi connectivity index (χ0v) is 6.58. The SMILES string of the molecule is N=C(N)COc1cccc(N)c1. The van der Waals surface area contributed by atoms with Gasteiger partial charge in [0.2, 0.25) is 0 Å². The first-order valence-electron chi connectivity index (χ1n) is 3.50. The Kier molecular flexibility index (Phi) is 2.53. The van der Waals surface area contributed by atoms with Gasteiger partial charge < -0.3 is 16.2 Å². The second-order valence-corrected chi connectivity index (χ2v) is 2.39. The Balaban J connectivity index is 2.57. The van der Waals surface area contributed by atoms with Crippen LogP contribution in [0.3, 0.4) is 0 Å². The van der Waals surface area contributed by atoms with Crippen molar-refractivity contribution in [2.75, 3.05) is 12.3 Å². The number of hydrogen-bond donors (Lipinski definition) is 3. The van der Waals surface area contributed by atoms with Crippen LogP contribution in [0.5, 0.6) is 5.75 Å². The summed E-state index contributed by atoms with van der Waals surface area (Å²) in [5.74, 6) is 0.627. The summed E-state index contributed by atoms with van der Waals surface area (Å²) in [6.07, 6.45) is 0. The van der Waals surface area contributed by atoms with Crippen LogP contribution in [-0.4, -0.2) is 12.4 Å². The lowest BCUT2D eigenvalue weighted by molar-refractivity contribution is 0.374. The van der Waals surface area contributed by atoms with Crippen molar-refractivity contribution in [3.63, 3.8) is 0 Å². The molecular formula is C8H11N3O. The maximum absolute atomic E-state index is 6.92. The molecule has 0 bridgehead atoms. The van der Waals surface area contributed by atoms with Gasteiger partial charge in [0.1, 0.15) is 18.2 Å². The maximum Gasteiger partial charge on any atom is 0.145 e. The van der Waals surface area contributed by atoms with Crippen LogP contribution in [0.25, 0.3) is 0 Å². The average Bonchev–Trinajstić information content (AvgIpc) is 2.01. The molecule has 0 fully saturated rings. The Morgan fingerprint density at radius 1 is 1.50 bits per heavy atom. The van der Waals surface area contributed by atoms with Gasteiger partial charge in [-0.1, -0.05) is 6.07 Å². The van der Waals surface area contributed by atoms with E-state index >= 15 is 0 Å². The molecule has 0 heterocycles. The lowest BCUT2D eigenvalue weighted by Gasteiger charge is -2.04. The highest BCUT2D eigenvalue weighted by Gasteiger charge is 1.94. The smallest absolute Gasteiger partial charge is 0.145 e. The molecule has 0 unspecified atom stereocenters. The molecule has 0 aromatic heterocycles. The minimum atomic E-state index is -0.00238. The highest BCUT2D eigenvalue weighted by atomic mass is 16.5. The number of anilines is 1. The second-order valence-electron chi connectivity index (χ2n) is 2.39. The zero-order valence-electron chi connectivity index (χ0n) is 6.58. The Bertz CT molecular complexity index is 285. The van der Waals surface area contributed by atoms with Crippen LogP contribution < -0.4 is 16.2 Å². The van der Waals surface area contributed by atoms with Crippen LogP contribution in [0.4, 0.5) is 5.69 Å². The van der Waals surface area contributed by atoms with E-state index in [-0.39, 0.29) is 12.4 Å².